The third-order valence-corrected chi connectivity index (χ3v) is 6.96. The average molecular weight is 473 g/mol. The van der Waals surface area contributed by atoms with Crippen LogP contribution in [0.5, 0.6) is 11.5 Å². The van der Waals surface area contributed by atoms with Gasteiger partial charge in [-0.15, -0.1) is 0 Å². The number of carboxylic acid groups (broad SMARTS) is 1. The summed E-state index contributed by atoms with van der Waals surface area (Å²) in [4.78, 5) is 10.9. The number of hydrogen-bond acceptors (Lipinski definition) is 6. The van der Waals surface area contributed by atoms with Crippen LogP contribution in [-0.2, 0) is 23.0 Å². The normalized spacial score (nSPS) is 11.4. The fourth-order valence-electron chi connectivity index (χ4n) is 3.28. The van der Waals surface area contributed by atoms with Gasteiger partial charge in [-0.1, -0.05) is 30.3 Å². The van der Waals surface area contributed by atoms with Gasteiger partial charge in [-0.3, -0.25) is 0 Å². The minimum Gasteiger partial charge on any atom is -0.545 e. The number of rotatable bonds is 10. The van der Waals surface area contributed by atoms with Crippen molar-refractivity contribution in [3.63, 3.8) is 0 Å². The highest BCUT2D eigenvalue weighted by molar-refractivity contribution is 7.89. The zero-order valence-electron chi connectivity index (χ0n) is 18.2. The first-order valence-corrected chi connectivity index (χ1v) is 11.5. The highest BCUT2D eigenvalue weighted by Gasteiger charge is 2.25. The molecule has 0 bridgehead atoms. The van der Waals surface area contributed by atoms with Gasteiger partial charge in [-0.2, -0.15) is 4.31 Å². The van der Waals surface area contributed by atoms with E-state index in [0.29, 0.717) is 23.5 Å². The van der Waals surface area contributed by atoms with Gasteiger partial charge in [-0.05, 0) is 59.5 Å². The van der Waals surface area contributed by atoms with Crippen molar-refractivity contribution in [1.82, 2.24) is 4.31 Å². The molecule has 0 unspecified atom stereocenters. The van der Waals surface area contributed by atoms with E-state index in [1.165, 1.54) is 67.1 Å². The van der Waals surface area contributed by atoms with Crippen LogP contribution >= 0.6 is 0 Å². The van der Waals surface area contributed by atoms with Crippen LogP contribution in [0.15, 0.2) is 71.6 Å². The van der Waals surface area contributed by atoms with Crippen molar-refractivity contribution in [2.45, 2.75) is 17.9 Å². The molecule has 0 fully saturated rings. The van der Waals surface area contributed by atoms with Crippen molar-refractivity contribution >= 4 is 16.0 Å². The highest BCUT2D eigenvalue weighted by atomic mass is 32.2. The fraction of sp³-hybridized carbons (Fsp3) is 0.208. The van der Waals surface area contributed by atoms with E-state index in [0.717, 1.165) is 5.56 Å². The Morgan fingerprint density at radius 1 is 0.909 bits per heavy atom. The summed E-state index contributed by atoms with van der Waals surface area (Å²) < 4.78 is 51.9. The third kappa shape index (κ3) is 5.88. The molecule has 0 aliphatic carbocycles. The molecule has 0 saturated heterocycles. The van der Waals surface area contributed by atoms with Crippen LogP contribution in [0, 0.1) is 5.82 Å². The maximum atomic E-state index is 13.4. The smallest absolute Gasteiger partial charge is 0.243 e. The predicted molar refractivity (Wildman–Crippen MR) is 118 cm³/mol. The maximum Gasteiger partial charge on any atom is 0.243 e. The molecule has 0 atom stereocenters. The Morgan fingerprint density at radius 3 is 2.09 bits per heavy atom. The van der Waals surface area contributed by atoms with Gasteiger partial charge < -0.3 is 19.4 Å². The number of methoxy groups -OCH3 is 2. The van der Waals surface area contributed by atoms with Gasteiger partial charge in [0.2, 0.25) is 10.0 Å². The van der Waals surface area contributed by atoms with Crippen LogP contribution in [0.4, 0.5) is 4.39 Å². The first kappa shape index (κ1) is 24.2. The minimum absolute atomic E-state index is 0.0120. The highest BCUT2D eigenvalue weighted by Crippen LogP contribution is 2.28. The van der Waals surface area contributed by atoms with Gasteiger partial charge in [0, 0.05) is 13.1 Å². The third-order valence-electron chi connectivity index (χ3n) is 5.10. The zero-order chi connectivity index (χ0) is 24.0. The molecule has 0 radical (unpaired) electrons. The molecule has 0 saturated carbocycles. The number of carbonyl (C=O) groups excluding carboxylic acids is 1. The average Bonchev–Trinajstić information content (AvgIpc) is 2.82. The van der Waals surface area contributed by atoms with Crippen molar-refractivity contribution in [3.8, 4) is 11.5 Å². The lowest BCUT2D eigenvalue weighted by molar-refractivity contribution is -0.255. The van der Waals surface area contributed by atoms with E-state index in [4.69, 9.17) is 9.47 Å². The maximum absolute atomic E-state index is 13.4. The number of hydrogen-bond donors (Lipinski definition) is 0. The van der Waals surface area contributed by atoms with Gasteiger partial charge in [0.15, 0.2) is 11.5 Å². The molecule has 0 N–H and O–H groups in total. The molecular formula is C24H23FNO6S-. The lowest BCUT2D eigenvalue weighted by Crippen LogP contribution is -2.32. The van der Waals surface area contributed by atoms with Gasteiger partial charge in [-0.25, -0.2) is 12.8 Å². The molecule has 0 aromatic heterocycles. The van der Waals surface area contributed by atoms with Gasteiger partial charge in [0.25, 0.3) is 0 Å². The van der Waals surface area contributed by atoms with E-state index >= 15 is 0 Å². The fourth-order valence-corrected chi connectivity index (χ4v) is 4.71. The summed E-state index contributed by atoms with van der Waals surface area (Å²) in [5, 5.41) is 11.0. The number of halogens is 1. The Morgan fingerprint density at radius 2 is 1.52 bits per heavy atom. The van der Waals surface area contributed by atoms with Crippen molar-refractivity contribution in [2.24, 2.45) is 0 Å². The van der Waals surface area contributed by atoms with Crippen LogP contribution in [-0.4, -0.2) is 39.5 Å². The summed E-state index contributed by atoms with van der Waals surface area (Å²) in [6, 6.07) is 15.7. The molecule has 0 spiro atoms. The summed E-state index contributed by atoms with van der Waals surface area (Å²) >= 11 is 0. The Labute approximate surface area is 192 Å². The Hall–Kier alpha value is -3.43. The number of aromatic carboxylic acids is 1. The molecule has 0 aliphatic rings. The second-order valence-corrected chi connectivity index (χ2v) is 9.15. The number of carbonyl (C=O) groups is 1. The second-order valence-electron chi connectivity index (χ2n) is 7.22. The van der Waals surface area contributed by atoms with E-state index < -0.39 is 21.8 Å². The van der Waals surface area contributed by atoms with E-state index in [9.17, 15) is 22.7 Å². The molecule has 3 rings (SSSR count). The van der Waals surface area contributed by atoms with Crippen molar-refractivity contribution in [2.75, 3.05) is 20.8 Å². The molecule has 0 aliphatic heterocycles. The van der Waals surface area contributed by atoms with Gasteiger partial charge >= 0.3 is 0 Å². The molecule has 7 nitrogen and oxygen atoms in total. The summed E-state index contributed by atoms with van der Waals surface area (Å²) in [5.74, 6) is -0.724. The van der Waals surface area contributed by atoms with Crippen molar-refractivity contribution < 1.29 is 32.2 Å². The molecule has 174 valence electrons. The standard InChI is InChI=1S/C24H24FNO6S/c1-31-22-12-5-17(15-23(22)32-2)13-14-26(16-18-3-8-20(25)9-4-18)33(29,30)21-10-6-19(7-11-21)24(27)28/h3-12,15H,13-14,16H2,1-2H3,(H,27,28)/p-1. The number of ether oxygens (including phenoxy) is 2. The number of carboxylic acids is 1. The number of sulfonamides is 1. The molecule has 3 aromatic rings. The van der Waals surface area contributed by atoms with E-state index in [1.807, 2.05) is 6.07 Å². The SMILES string of the molecule is COc1ccc(CCN(Cc2ccc(F)cc2)S(=O)(=O)c2ccc(C(=O)[O-])cc2)cc1OC. The van der Waals surface area contributed by atoms with Crippen molar-refractivity contribution in [3.05, 3.63) is 89.2 Å². The first-order valence-electron chi connectivity index (χ1n) is 10.0. The summed E-state index contributed by atoms with van der Waals surface area (Å²) in [6.07, 6.45) is 0.373. The van der Waals surface area contributed by atoms with Crippen LogP contribution in [0.3, 0.4) is 0 Å². The van der Waals surface area contributed by atoms with E-state index in [-0.39, 0.29) is 23.5 Å². The Balaban J connectivity index is 1.90. The van der Waals surface area contributed by atoms with Crippen LogP contribution < -0.4 is 14.6 Å². The second kappa shape index (κ2) is 10.5. The number of nitrogens with zero attached hydrogens (tertiary/aromatic N) is 1. The Bertz CT molecular complexity index is 1210. The molecule has 0 heterocycles. The van der Waals surface area contributed by atoms with Crippen LogP contribution in [0.25, 0.3) is 0 Å². The van der Waals surface area contributed by atoms with Crippen LogP contribution in [0.1, 0.15) is 21.5 Å². The largest absolute Gasteiger partial charge is 0.545 e. The topological polar surface area (TPSA) is 96.0 Å². The van der Waals surface area contributed by atoms with E-state index in [1.54, 1.807) is 12.1 Å². The summed E-state index contributed by atoms with van der Waals surface area (Å²) in [6.45, 7) is 0.134. The quantitative estimate of drug-likeness (QED) is 0.450. The van der Waals surface area contributed by atoms with Crippen molar-refractivity contribution in [1.29, 1.82) is 0 Å². The van der Waals surface area contributed by atoms with E-state index in [2.05, 4.69) is 0 Å². The molecule has 0 amide bonds. The van der Waals surface area contributed by atoms with Gasteiger partial charge in [0.1, 0.15) is 5.82 Å². The monoisotopic (exact) mass is 472 g/mol. The summed E-state index contributed by atoms with van der Waals surface area (Å²) in [5.41, 5.74) is 1.32. The summed E-state index contributed by atoms with van der Waals surface area (Å²) in [7, 11) is -0.935. The Kier molecular flexibility index (Phi) is 7.67. The lowest BCUT2D eigenvalue weighted by atomic mass is 10.1. The van der Waals surface area contributed by atoms with Gasteiger partial charge in [0.05, 0.1) is 25.1 Å². The van der Waals surface area contributed by atoms with Crippen LogP contribution in [0.2, 0.25) is 0 Å². The zero-order valence-corrected chi connectivity index (χ0v) is 19.0. The number of benzene rings is 3. The minimum atomic E-state index is -3.98. The lowest BCUT2D eigenvalue weighted by Gasteiger charge is -2.23. The molecule has 3 aromatic carbocycles. The predicted octanol–water partition coefficient (Wildman–Crippen LogP) is 2.64. The molecule has 33 heavy (non-hydrogen) atoms. The first-order chi connectivity index (χ1) is 15.7. The molecular weight excluding hydrogens is 449 g/mol. The molecule has 9 heteroatoms.